The second-order valence-electron chi connectivity index (χ2n) is 12.5. The predicted octanol–water partition coefficient (Wildman–Crippen LogP) is 10.7. The van der Waals surface area contributed by atoms with E-state index in [4.69, 9.17) is 0 Å². The Bertz CT molecular complexity index is 1550. The first kappa shape index (κ1) is 24.7. The number of fused-ring (bicyclic) bond motifs is 2. The van der Waals surface area contributed by atoms with Gasteiger partial charge in [-0.2, -0.15) is 0 Å². The van der Waals surface area contributed by atoms with Gasteiger partial charge in [-0.05, 0) is 68.3 Å². The summed E-state index contributed by atoms with van der Waals surface area (Å²) in [6.45, 7) is 13.9. The van der Waals surface area contributed by atoms with Gasteiger partial charge in [-0.15, -0.1) is 0 Å². The van der Waals surface area contributed by atoms with Gasteiger partial charge in [0.1, 0.15) is 0 Å². The van der Waals surface area contributed by atoms with Crippen molar-refractivity contribution in [3.8, 4) is 22.3 Å². The number of hydrogen-bond donors (Lipinski definition) is 0. The lowest BCUT2D eigenvalue weighted by atomic mass is 9.73. The minimum absolute atomic E-state index is 0.156. The van der Waals surface area contributed by atoms with Gasteiger partial charge in [0, 0.05) is 11.8 Å². The highest BCUT2D eigenvalue weighted by molar-refractivity contribution is 5.85. The molecule has 4 aromatic carbocycles. The molecule has 4 aromatic rings. The van der Waals surface area contributed by atoms with E-state index in [0.29, 0.717) is 17.8 Å². The molecule has 2 aliphatic rings. The van der Waals surface area contributed by atoms with Crippen molar-refractivity contribution < 1.29 is 0 Å². The summed E-state index contributed by atoms with van der Waals surface area (Å²) in [5.74, 6) is 1.17. The van der Waals surface area contributed by atoms with Crippen LogP contribution in [0.1, 0.15) is 81.2 Å². The molecule has 0 N–H and O–H groups in total. The molecule has 0 aromatic heterocycles. The molecule has 0 heteroatoms. The van der Waals surface area contributed by atoms with Gasteiger partial charge in [-0.3, -0.25) is 0 Å². The van der Waals surface area contributed by atoms with Crippen LogP contribution in [0.3, 0.4) is 0 Å². The molecule has 0 fully saturated rings. The van der Waals surface area contributed by atoms with E-state index >= 15 is 0 Å². The monoisotopic (exact) mass is 494 g/mol. The van der Waals surface area contributed by atoms with Crippen LogP contribution >= 0.6 is 0 Å². The van der Waals surface area contributed by atoms with Crippen molar-refractivity contribution in [1.82, 2.24) is 0 Å². The molecule has 0 saturated heterocycles. The highest BCUT2D eigenvalue weighted by Crippen LogP contribution is 2.56. The van der Waals surface area contributed by atoms with Gasteiger partial charge in [0.05, 0.1) is 0 Å². The maximum atomic E-state index is 2.52. The van der Waals surface area contributed by atoms with E-state index in [1.165, 1.54) is 55.6 Å². The molecule has 38 heavy (non-hydrogen) atoms. The van der Waals surface area contributed by atoms with Crippen molar-refractivity contribution in [1.29, 1.82) is 0 Å². The number of rotatable bonds is 4. The van der Waals surface area contributed by atoms with Gasteiger partial charge < -0.3 is 0 Å². The van der Waals surface area contributed by atoms with Crippen LogP contribution in [0.15, 0.2) is 102 Å². The van der Waals surface area contributed by atoms with Gasteiger partial charge >= 0.3 is 0 Å². The third-order valence-corrected chi connectivity index (χ3v) is 8.62. The van der Waals surface area contributed by atoms with Crippen LogP contribution in [-0.4, -0.2) is 0 Å². The second kappa shape index (κ2) is 9.28. The van der Waals surface area contributed by atoms with Crippen molar-refractivity contribution >= 4 is 12.2 Å². The Morgan fingerprint density at radius 2 is 1.29 bits per heavy atom. The lowest BCUT2D eigenvalue weighted by Gasteiger charge is -2.30. The zero-order chi connectivity index (χ0) is 26.6. The second-order valence-corrected chi connectivity index (χ2v) is 12.5. The third kappa shape index (κ3) is 4.08. The third-order valence-electron chi connectivity index (χ3n) is 8.62. The number of benzene rings is 4. The van der Waals surface area contributed by atoms with Crippen LogP contribution in [0.5, 0.6) is 0 Å². The maximum absolute atomic E-state index is 2.52. The molecule has 0 radical (unpaired) electrons. The first-order valence-corrected chi connectivity index (χ1v) is 14.1. The first-order chi connectivity index (χ1) is 18.2. The summed E-state index contributed by atoms with van der Waals surface area (Å²) in [7, 11) is 0. The Morgan fingerprint density at radius 3 is 1.97 bits per heavy atom. The van der Waals surface area contributed by atoms with E-state index in [-0.39, 0.29) is 5.41 Å². The minimum atomic E-state index is 0.156. The van der Waals surface area contributed by atoms with Gasteiger partial charge in [-0.25, -0.2) is 0 Å². The van der Waals surface area contributed by atoms with E-state index in [1.807, 2.05) is 0 Å². The van der Waals surface area contributed by atoms with E-state index in [9.17, 15) is 0 Å². The van der Waals surface area contributed by atoms with Crippen molar-refractivity contribution in [2.45, 2.75) is 58.8 Å². The Labute approximate surface area is 228 Å². The predicted molar refractivity (Wildman–Crippen MR) is 164 cm³/mol. The average molecular weight is 495 g/mol. The largest absolute Gasteiger partial charge is 0.0642 e. The fraction of sp³-hybridized carbons (Fsp3) is 0.263. The summed E-state index contributed by atoms with van der Waals surface area (Å²) in [5.41, 5.74) is 15.6. The quantitative estimate of drug-likeness (QED) is 0.265. The number of allylic oxidation sites excluding steroid dienone is 2. The van der Waals surface area contributed by atoms with E-state index in [1.54, 1.807) is 5.57 Å². The molecule has 0 amide bonds. The number of hydrogen-bond acceptors (Lipinski definition) is 0. The molecular weight excluding hydrogens is 456 g/mol. The molecule has 2 atom stereocenters. The molecule has 0 nitrogen and oxygen atoms in total. The van der Waals surface area contributed by atoms with Crippen molar-refractivity contribution in [3.63, 3.8) is 0 Å². The molecule has 0 aliphatic heterocycles. The zero-order valence-electron chi connectivity index (χ0n) is 23.5. The summed E-state index contributed by atoms with van der Waals surface area (Å²) in [6, 6.07) is 34.0. The van der Waals surface area contributed by atoms with Crippen LogP contribution in [-0.2, 0) is 5.41 Å². The van der Waals surface area contributed by atoms with Crippen LogP contribution in [0.4, 0.5) is 0 Å². The summed E-state index contributed by atoms with van der Waals surface area (Å²) < 4.78 is 0. The summed E-state index contributed by atoms with van der Waals surface area (Å²) >= 11 is 0. The lowest BCUT2D eigenvalue weighted by molar-refractivity contribution is 0.590. The molecule has 6 rings (SSSR count). The normalized spacial score (nSPS) is 18.3. The Hall–Kier alpha value is -3.64. The van der Waals surface area contributed by atoms with Crippen LogP contribution in [0.25, 0.3) is 34.4 Å². The highest BCUT2D eigenvalue weighted by Gasteiger charge is 2.40. The van der Waals surface area contributed by atoms with E-state index in [2.05, 4.69) is 145 Å². The van der Waals surface area contributed by atoms with Crippen LogP contribution in [0.2, 0.25) is 0 Å². The summed E-state index contributed by atoms with van der Waals surface area (Å²) in [4.78, 5) is 0. The van der Waals surface area contributed by atoms with Crippen molar-refractivity contribution in [2.24, 2.45) is 5.92 Å². The molecule has 2 unspecified atom stereocenters. The smallest absolute Gasteiger partial charge is 0.0167 e. The first-order valence-electron chi connectivity index (χ1n) is 14.1. The standard InChI is InChI=1S/C38H38/c1-24(2)33-23-34-30(27-18-20-29(21-19-27)38(4,5)6)15-11-17-32(34)37(33)35-25(3)22-28-14-10-16-31(36(28)35)26-12-8-7-9-13-26/h7-24,35,37H,1-6H3. The molecule has 0 heterocycles. The molecule has 0 saturated carbocycles. The fourth-order valence-corrected chi connectivity index (χ4v) is 6.67. The molecule has 0 bridgehead atoms. The average Bonchev–Trinajstić information content (AvgIpc) is 3.45. The van der Waals surface area contributed by atoms with Crippen LogP contribution in [0, 0.1) is 5.92 Å². The van der Waals surface area contributed by atoms with E-state index < -0.39 is 0 Å². The highest BCUT2D eigenvalue weighted by atomic mass is 14.4. The molecular formula is C38H38. The van der Waals surface area contributed by atoms with Crippen molar-refractivity contribution in [3.05, 3.63) is 130 Å². The summed E-state index contributed by atoms with van der Waals surface area (Å²) in [5, 5.41) is 0. The zero-order valence-corrected chi connectivity index (χ0v) is 23.5. The lowest BCUT2D eigenvalue weighted by Crippen LogP contribution is -2.15. The minimum Gasteiger partial charge on any atom is -0.0642 e. The van der Waals surface area contributed by atoms with Crippen molar-refractivity contribution in [2.75, 3.05) is 0 Å². The van der Waals surface area contributed by atoms with E-state index in [0.717, 1.165) is 0 Å². The molecule has 0 spiro atoms. The van der Waals surface area contributed by atoms with Crippen LogP contribution < -0.4 is 0 Å². The van der Waals surface area contributed by atoms with Gasteiger partial charge in [0.2, 0.25) is 0 Å². The molecule has 190 valence electrons. The topological polar surface area (TPSA) is 0 Å². The Balaban J connectivity index is 1.50. The van der Waals surface area contributed by atoms with Gasteiger partial charge in [0.15, 0.2) is 0 Å². The van der Waals surface area contributed by atoms with Gasteiger partial charge in [-0.1, -0.05) is 149 Å². The van der Waals surface area contributed by atoms with Gasteiger partial charge in [0.25, 0.3) is 0 Å². The fourth-order valence-electron chi connectivity index (χ4n) is 6.67. The summed E-state index contributed by atoms with van der Waals surface area (Å²) in [6.07, 6.45) is 4.95. The Kier molecular flexibility index (Phi) is 6.03. The molecule has 2 aliphatic carbocycles. The maximum Gasteiger partial charge on any atom is 0.0167 e. The Morgan fingerprint density at radius 1 is 0.632 bits per heavy atom. The SMILES string of the molecule is CC1=Cc2cccc(-c3ccccc3)c2C1C1C(C(C)C)=Cc2c(-c3ccc(C(C)(C)C)cc3)cccc21.